The van der Waals surface area contributed by atoms with E-state index in [0.717, 1.165) is 31.3 Å². The smallest absolute Gasteiger partial charge is 0.317 e. The lowest BCUT2D eigenvalue weighted by molar-refractivity contribution is 0.00793. The van der Waals surface area contributed by atoms with Gasteiger partial charge in [-0.1, -0.05) is 48.4 Å². The van der Waals surface area contributed by atoms with Crippen molar-refractivity contribution in [3.05, 3.63) is 47.5 Å². The summed E-state index contributed by atoms with van der Waals surface area (Å²) in [6.07, 6.45) is 11.2. The number of nitrogens with one attached hydrogen (secondary N) is 1. The van der Waals surface area contributed by atoms with Crippen molar-refractivity contribution in [2.24, 2.45) is 11.8 Å². The van der Waals surface area contributed by atoms with Crippen LogP contribution < -0.4 is 5.32 Å². The van der Waals surface area contributed by atoms with Crippen LogP contribution >= 0.6 is 0 Å². The van der Waals surface area contributed by atoms with Gasteiger partial charge in [-0.05, 0) is 62.5 Å². The third-order valence-corrected chi connectivity index (χ3v) is 7.45. The molecule has 4 nitrogen and oxygen atoms in total. The van der Waals surface area contributed by atoms with Crippen molar-refractivity contribution in [1.29, 1.82) is 0 Å². The Balaban J connectivity index is 1.27. The summed E-state index contributed by atoms with van der Waals surface area (Å²) >= 11 is 0. The standard InChI is InChI=1S/C24H33N3O/c28-24(25-12-11-18-7-2-1-3-8-18)27-14-6-9-19-15-20-16-21(23(19)27)17-26-13-5-4-10-22(20)26/h1-3,7-8,15,20-23H,4-6,9-14,16-17H2,(H,25,28)/t20-,21+,22-,23-/m0/s1. The fourth-order valence-corrected chi connectivity index (χ4v) is 6.26. The van der Waals surface area contributed by atoms with Crippen molar-refractivity contribution in [1.82, 2.24) is 15.1 Å². The number of piperidine rings is 3. The van der Waals surface area contributed by atoms with Crippen LogP contribution in [0.15, 0.2) is 42.0 Å². The molecule has 1 aliphatic carbocycles. The number of benzene rings is 1. The molecule has 3 saturated heterocycles. The highest BCUT2D eigenvalue weighted by molar-refractivity contribution is 5.75. The van der Waals surface area contributed by atoms with E-state index in [2.05, 4.69) is 45.5 Å². The minimum Gasteiger partial charge on any atom is -0.338 e. The van der Waals surface area contributed by atoms with Gasteiger partial charge in [-0.15, -0.1) is 0 Å². The molecule has 3 aliphatic heterocycles. The molecule has 1 N–H and O–H groups in total. The molecule has 28 heavy (non-hydrogen) atoms. The lowest BCUT2D eigenvalue weighted by atomic mass is 9.68. The number of fused-ring (bicyclic) bond motifs is 6. The van der Waals surface area contributed by atoms with Crippen LogP contribution in [0.3, 0.4) is 0 Å². The maximum absolute atomic E-state index is 13.1. The quantitative estimate of drug-likeness (QED) is 0.810. The van der Waals surface area contributed by atoms with E-state index in [4.69, 9.17) is 0 Å². The third-order valence-electron chi connectivity index (χ3n) is 7.45. The van der Waals surface area contributed by atoms with Gasteiger partial charge in [0.1, 0.15) is 0 Å². The van der Waals surface area contributed by atoms with Crippen LogP contribution in [0, 0.1) is 11.8 Å². The first kappa shape index (κ1) is 18.2. The summed E-state index contributed by atoms with van der Waals surface area (Å²) in [6, 6.07) is 11.7. The van der Waals surface area contributed by atoms with Crippen LogP contribution in [0.5, 0.6) is 0 Å². The van der Waals surface area contributed by atoms with Crippen molar-refractivity contribution >= 4 is 6.03 Å². The first-order valence-electron chi connectivity index (χ1n) is 11.3. The first-order valence-corrected chi connectivity index (χ1v) is 11.3. The van der Waals surface area contributed by atoms with Gasteiger partial charge in [0, 0.05) is 25.7 Å². The number of carbonyl (C=O) groups excluding carboxylic acids is 1. The van der Waals surface area contributed by atoms with Crippen molar-refractivity contribution in [3.63, 3.8) is 0 Å². The van der Waals surface area contributed by atoms with Crippen LogP contribution in [-0.2, 0) is 6.42 Å². The fraction of sp³-hybridized carbons (Fsp3) is 0.625. The summed E-state index contributed by atoms with van der Waals surface area (Å²) in [5.41, 5.74) is 2.85. The monoisotopic (exact) mass is 379 g/mol. The van der Waals surface area contributed by atoms with Crippen LogP contribution in [0.4, 0.5) is 4.79 Å². The van der Waals surface area contributed by atoms with Gasteiger partial charge in [0.15, 0.2) is 0 Å². The Bertz CT molecular complexity index is 731. The topological polar surface area (TPSA) is 35.6 Å². The zero-order valence-corrected chi connectivity index (χ0v) is 16.9. The molecule has 3 heterocycles. The van der Waals surface area contributed by atoms with Crippen molar-refractivity contribution in [2.45, 2.75) is 57.0 Å². The number of nitrogens with zero attached hydrogens (tertiary/aromatic N) is 2. The Morgan fingerprint density at radius 2 is 2.00 bits per heavy atom. The third kappa shape index (κ3) is 3.47. The zero-order valence-electron chi connectivity index (χ0n) is 16.9. The molecule has 0 unspecified atom stereocenters. The number of urea groups is 1. The van der Waals surface area contributed by atoms with E-state index in [9.17, 15) is 4.79 Å². The van der Waals surface area contributed by atoms with Crippen LogP contribution in [-0.4, -0.2) is 54.1 Å². The number of likely N-dealkylation sites (tertiary alicyclic amines) is 1. The average Bonchev–Trinajstić information content (AvgIpc) is 2.74. The molecule has 0 spiro atoms. The summed E-state index contributed by atoms with van der Waals surface area (Å²) < 4.78 is 0. The highest BCUT2D eigenvalue weighted by atomic mass is 16.2. The Labute approximate surface area is 169 Å². The maximum atomic E-state index is 13.1. The lowest BCUT2D eigenvalue weighted by Crippen LogP contribution is -2.61. The number of hydrogen-bond acceptors (Lipinski definition) is 2. The summed E-state index contributed by atoms with van der Waals surface area (Å²) in [5.74, 6) is 1.35. The second kappa shape index (κ2) is 7.90. The molecule has 0 radical (unpaired) electrons. The lowest BCUT2D eigenvalue weighted by Gasteiger charge is -2.54. The van der Waals surface area contributed by atoms with Gasteiger partial charge in [0.25, 0.3) is 0 Å². The summed E-state index contributed by atoms with van der Waals surface area (Å²) in [7, 11) is 0. The zero-order chi connectivity index (χ0) is 18.9. The Morgan fingerprint density at radius 3 is 2.89 bits per heavy atom. The number of carbonyl (C=O) groups is 1. The first-order chi connectivity index (χ1) is 13.8. The molecule has 0 saturated carbocycles. The molecule has 0 aromatic heterocycles. The second-order valence-electron chi connectivity index (χ2n) is 9.17. The van der Waals surface area contributed by atoms with Gasteiger partial charge in [-0.25, -0.2) is 4.79 Å². The van der Waals surface area contributed by atoms with E-state index in [1.807, 2.05) is 6.07 Å². The Kier molecular flexibility index (Phi) is 5.15. The molecule has 1 aromatic rings. The molecule has 1 aromatic carbocycles. The van der Waals surface area contributed by atoms with Crippen LogP contribution in [0.25, 0.3) is 0 Å². The van der Waals surface area contributed by atoms with Crippen molar-refractivity contribution in [2.75, 3.05) is 26.2 Å². The average molecular weight is 380 g/mol. The van der Waals surface area contributed by atoms with Gasteiger partial charge in [0.2, 0.25) is 0 Å². The van der Waals surface area contributed by atoms with E-state index in [1.165, 1.54) is 50.8 Å². The molecule has 4 heteroatoms. The highest BCUT2D eigenvalue weighted by Gasteiger charge is 2.46. The number of amides is 2. The van der Waals surface area contributed by atoms with Gasteiger partial charge in [-0.2, -0.15) is 0 Å². The number of hydrogen-bond donors (Lipinski definition) is 1. The van der Waals surface area contributed by atoms with E-state index in [1.54, 1.807) is 5.57 Å². The molecule has 2 amide bonds. The molecule has 3 fully saturated rings. The van der Waals surface area contributed by atoms with Gasteiger partial charge in [0.05, 0.1) is 6.04 Å². The van der Waals surface area contributed by atoms with E-state index in [-0.39, 0.29) is 6.03 Å². The normalized spacial score (nSPS) is 32.1. The van der Waals surface area contributed by atoms with Gasteiger partial charge >= 0.3 is 6.03 Å². The summed E-state index contributed by atoms with van der Waals surface area (Å²) in [4.78, 5) is 18.0. The Morgan fingerprint density at radius 1 is 1.11 bits per heavy atom. The van der Waals surface area contributed by atoms with Crippen LogP contribution in [0.2, 0.25) is 0 Å². The molecule has 150 valence electrons. The van der Waals surface area contributed by atoms with Gasteiger partial charge in [-0.3, -0.25) is 4.90 Å². The molecule has 5 rings (SSSR count). The minimum atomic E-state index is 0.144. The van der Waals surface area contributed by atoms with Crippen molar-refractivity contribution < 1.29 is 4.79 Å². The predicted octanol–water partition coefficient (Wildman–Crippen LogP) is 3.83. The highest BCUT2D eigenvalue weighted by Crippen LogP contribution is 2.44. The SMILES string of the molecule is O=C(NCCc1ccccc1)N1CCCC2=C[C@H]3C[C@H](CN4CCCC[C@@H]34)[C@H]21. The number of rotatable bonds is 3. The van der Waals surface area contributed by atoms with Crippen LogP contribution in [0.1, 0.15) is 44.1 Å². The molecular weight excluding hydrogens is 346 g/mol. The molecule has 2 bridgehead atoms. The Hall–Kier alpha value is -1.81. The van der Waals surface area contributed by atoms with Gasteiger partial charge < -0.3 is 10.2 Å². The van der Waals surface area contributed by atoms with Crippen molar-refractivity contribution in [3.8, 4) is 0 Å². The fourth-order valence-electron chi connectivity index (χ4n) is 6.26. The molecule has 4 aliphatic rings. The maximum Gasteiger partial charge on any atom is 0.317 e. The van der Waals surface area contributed by atoms with E-state index < -0.39 is 0 Å². The predicted molar refractivity (Wildman–Crippen MR) is 112 cm³/mol. The molecular formula is C24H33N3O. The van der Waals surface area contributed by atoms with E-state index in [0.29, 0.717) is 18.5 Å². The van der Waals surface area contributed by atoms with E-state index >= 15 is 0 Å². The minimum absolute atomic E-state index is 0.144. The summed E-state index contributed by atoms with van der Waals surface area (Å²) in [6.45, 7) is 4.07. The summed E-state index contributed by atoms with van der Waals surface area (Å²) in [5, 5.41) is 3.21. The molecule has 4 atom stereocenters. The second-order valence-corrected chi connectivity index (χ2v) is 9.17. The largest absolute Gasteiger partial charge is 0.338 e.